The summed E-state index contributed by atoms with van der Waals surface area (Å²) in [4.78, 5) is 27.4. The maximum absolute atomic E-state index is 12.4. The zero-order valence-electron chi connectivity index (χ0n) is 16.4. The van der Waals surface area contributed by atoms with Crippen molar-refractivity contribution in [1.29, 1.82) is 0 Å². The van der Waals surface area contributed by atoms with Crippen molar-refractivity contribution in [2.24, 2.45) is 5.16 Å². The molecule has 1 aromatic carbocycles. The minimum absolute atomic E-state index is 0.192. The second-order valence-corrected chi connectivity index (χ2v) is 7.05. The number of hydroxylamine groups is 1. The molecule has 1 heterocycles. The van der Waals surface area contributed by atoms with Crippen molar-refractivity contribution in [2.75, 3.05) is 31.1 Å². The Morgan fingerprint density at radius 1 is 1.00 bits per heavy atom. The Morgan fingerprint density at radius 3 is 2.18 bits per heavy atom. The minimum atomic E-state index is -0.361. The van der Waals surface area contributed by atoms with Crippen molar-refractivity contribution in [2.45, 2.75) is 45.4 Å². The molecule has 1 aliphatic rings. The summed E-state index contributed by atoms with van der Waals surface area (Å²) in [6, 6.07) is 7.90. The van der Waals surface area contributed by atoms with Gasteiger partial charge in [-0.3, -0.25) is 14.8 Å². The van der Waals surface area contributed by atoms with Gasteiger partial charge in [-0.1, -0.05) is 30.1 Å². The summed E-state index contributed by atoms with van der Waals surface area (Å²) in [5.41, 5.74) is 4.20. The van der Waals surface area contributed by atoms with Crippen LogP contribution in [0.4, 0.5) is 5.69 Å². The van der Waals surface area contributed by atoms with Crippen molar-refractivity contribution < 1.29 is 20.0 Å². The van der Waals surface area contributed by atoms with Gasteiger partial charge in [0, 0.05) is 44.7 Å². The molecule has 0 saturated carbocycles. The highest BCUT2D eigenvalue weighted by molar-refractivity contribution is 5.98. The Labute approximate surface area is 165 Å². The lowest BCUT2D eigenvalue weighted by Gasteiger charge is -2.36. The van der Waals surface area contributed by atoms with Gasteiger partial charge in [-0.25, -0.2) is 5.48 Å². The lowest BCUT2D eigenvalue weighted by molar-refractivity contribution is -0.132. The van der Waals surface area contributed by atoms with Crippen LogP contribution in [0.3, 0.4) is 0 Å². The molecule has 8 heteroatoms. The van der Waals surface area contributed by atoms with Gasteiger partial charge in [0.2, 0.25) is 11.8 Å². The number of nitrogens with zero attached hydrogens (tertiary/aromatic N) is 3. The van der Waals surface area contributed by atoms with Gasteiger partial charge in [0.15, 0.2) is 0 Å². The van der Waals surface area contributed by atoms with Gasteiger partial charge < -0.3 is 15.0 Å². The molecule has 154 valence electrons. The van der Waals surface area contributed by atoms with Crippen molar-refractivity contribution in [3.05, 3.63) is 29.8 Å². The maximum atomic E-state index is 12.4. The van der Waals surface area contributed by atoms with Crippen LogP contribution in [0.1, 0.15) is 51.0 Å². The van der Waals surface area contributed by atoms with Crippen molar-refractivity contribution >= 4 is 23.2 Å². The van der Waals surface area contributed by atoms with E-state index in [0.29, 0.717) is 31.6 Å². The van der Waals surface area contributed by atoms with Gasteiger partial charge in [-0.05, 0) is 37.5 Å². The first-order valence-corrected chi connectivity index (χ1v) is 9.80. The largest absolute Gasteiger partial charge is 0.411 e. The molecule has 0 bridgehead atoms. The molecule has 0 aromatic heterocycles. The molecule has 0 spiro atoms. The highest BCUT2D eigenvalue weighted by Gasteiger charge is 2.20. The van der Waals surface area contributed by atoms with Crippen LogP contribution in [0.15, 0.2) is 29.4 Å². The average molecular weight is 390 g/mol. The van der Waals surface area contributed by atoms with Crippen LogP contribution in [0.5, 0.6) is 0 Å². The van der Waals surface area contributed by atoms with Crippen LogP contribution >= 0.6 is 0 Å². The first-order chi connectivity index (χ1) is 13.5. The van der Waals surface area contributed by atoms with Gasteiger partial charge in [0.1, 0.15) is 0 Å². The summed E-state index contributed by atoms with van der Waals surface area (Å²) >= 11 is 0. The molecular formula is C20H30N4O4. The third-order valence-electron chi connectivity index (χ3n) is 5.10. The highest BCUT2D eigenvalue weighted by atomic mass is 16.5. The lowest BCUT2D eigenvalue weighted by atomic mass is 10.1. The van der Waals surface area contributed by atoms with Crippen LogP contribution < -0.4 is 10.4 Å². The van der Waals surface area contributed by atoms with E-state index in [1.165, 1.54) is 0 Å². The maximum Gasteiger partial charge on any atom is 0.243 e. The van der Waals surface area contributed by atoms with Crippen molar-refractivity contribution in [3.63, 3.8) is 0 Å². The summed E-state index contributed by atoms with van der Waals surface area (Å²) < 4.78 is 0. The summed E-state index contributed by atoms with van der Waals surface area (Å²) in [6.45, 7) is 4.79. The zero-order valence-corrected chi connectivity index (χ0v) is 16.4. The number of carbonyl (C=O) groups excluding carboxylic acids is 2. The van der Waals surface area contributed by atoms with E-state index in [9.17, 15) is 9.59 Å². The molecule has 28 heavy (non-hydrogen) atoms. The number of oxime groups is 1. The van der Waals surface area contributed by atoms with E-state index >= 15 is 0 Å². The van der Waals surface area contributed by atoms with Crippen LogP contribution in [-0.2, 0) is 9.59 Å². The molecule has 0 radical (unpaired) electrons. The third-order valence-corrected chi connectivity index (χ3v) is 5.10. The molecule has 3 N–H and O–H groups in total. The number of rotatable bonds is 9. The summed E-state index contributed by atoms with van der Waals surface area (Å²) in [5, 5.41) is 20.5. The fourth-order valence-corrected chi connectivity index (χ4v) is 3.31. The molecule has 8 nitrogen and oxygen atoms in total. The monoisotopic (exact) mass is 390 g/mol. The topological polar surface area (TPSA) is 105 Å². The molecule has 2 rings (SSSR count). The number of carbonyl (C=O) groups is 2. The smallest absolute Gasteiger partial charge is 0.243 e. The van der Waals surface area contributed by atoms with E-state index in [-0.39, 0.29) is 11.8 Å². The van der Waals surface area contributed by atoms with E-state index in [1.807, 2.05) is 29.2 Å². The predicted octanol–water partition coefficient (Wildman–Crippen LogP) is 2.38. The number of piperazine rings is 1. The summed E-state index contributed by atoms with van der Waals surface area (Å²) in [7, 11) is 0. The Balaban J connectivity index is 1.67. The minimum Gasteiger partial charge on any atom is -0.411 e. The fraction of sp³-hybridized carbons (Fsp3) is 0.550. The van der Waals surface area contributed by atoms with Crippen LogP contribution in [-0.4, -0.2) is 59.0 Å². The number of benzene rings is 1. The quantitative estimate of drug-likeness (QED) is 0.197. The highest BCUT2D eigenvalue weighted by Crippen LogP contribution is 2.18. The number of hydrogen-bond donors (Lipinski definition) is 3. The number of anilines is 1. The number of unbranched alkanes of at least 4 members (excludes halogenated alkanes) is 3. The van der Waals surface area contributed by atoms with Crippen LogP contribution in [0.2, 0.25) is 0 Å². The second-order valence-electron chi connectivity index (χ2n) is 7.05. The van der Waals surface area contributed by atoms with Gasteiger partial charge in [0.25, 0.3) is 0 Å². The Hall–Kier alpha value is -2.61. The molecular weight excluding hydrogens is 360 g/mol. The molecule has 1 aliphatic heterocycles. The van der Waals surface area contributed by atoms with Gasteiger partial charge in [0.05, 0.1) is 5.71 Å². The predicted molar refractivity (Wildman–Crippen MR) is 107 cm³/mol. The molecule has 1 fully saturated rings. The zero-order chi connectivity index (χ0) is 20.4. The van der Waals surface area contributed by atoms with Crippen LogP contribution in [0.25, 0.3) is 0 Å². The lowest BCUT2D eigenvalue weighted by Crippen LogP contribution is -2.48. The van der Waals surface area contributed by atoms with Crippen molar-refractivity contribution in [3.8, 4) is 0 Å². The normalized spacial score (nSPS) is 14.9. The van der Waals surface area contributed by atoms with Crippen molar-refractivity contribution in [1.82, 2.24) is 10.4 Å². The molecule has 1 saturated heterocycles. The van der Waals surface area contributed by atoms with E-state index in [4.69, 9.17) is 10.4 Å². The average Bonchev–Trinajstić information content (AvgIpc) is 2.75. The molecule has 0 aliphatic carbocycles. The van der Waals surface area contributed by atoms with E-state index < -0.39 is 0 Å². The molecule has 0 atom stereocenters. The van der Waals surface area contributed by atoms with Gasteiger partial charge in [-0.2, -0.15) is 0 Å². The SMILES string of the molecule is C/C(=N\O)c1ccc(N2CCN(C(=O)CCCCCCC(=O)NO)CC2)cc1. The number of nitrogens with one attached hydrogen (secondary N) is 1. The molecule has 2 amide bonds. The first kappa shape index (κ1) is 21.7. The summed E-state index contributed by atoms with van der Waals surface area (Å²) in [5.74, 6) is -0.168. The molecule has 0 unspecified atom stereocenters. The van der Waals surface area contributed by atoms with E-state index in [0.717, 1.165) is 50.0 Å². The van der Waals surface area contributed by atoms with E-state index in [1.54, 1.807) is 12.4 Å². The van der Waals surface area contributed by atoms with Gasteiger partial charge >= 0.3 is 0 Å². The van der Waals surface area contributed by atoms with Gasteiger partial charge in [-0.15, -0.1) is 0 Å². The third kappa shape index (κ3) is 6.53. The summed E-state index contributed by atoms with van der Waals surface area (Å²) in [6.07, 6.45) is 4.20. The number of amides is 2. The Morgan fingerprint density at radius 2 is 1.61 bits per heavy atom. The number of hydrogen-bond acceptors (Lipinski definition) is 6. The fourth-order valence-electron chi connectivity index (χ4n) is 3.31. The Bertz CT molecular complexity index is 667. The van der Waals surface area contributed by atoms with E-state index in [2.05, 4.69) is 10.1 Å². The second kappa shape index (κ2) is 11.3. The standard InChI is InChI=1S/C20H30N4O4/c1-16(21-27)17-8-10-18(11-9-17)23-12-14-24(15-13-23)20(26)7-5-3-2-4-6-19(25)22-28/h8-11,27-28H,2-7,12-15H2,1H3,(H,22,25)/b21-16+. The molecule has 1 aromatic rings. The van der Waals surface area contributed by atoms with Crippen LogP contribution in [0, 0.1) is 0 Å². The first-order valence-electron chi connectivity index (χ1n) is 9.80. The Kier molecular flexibility index (Phi) is 8.74.